The van der Waals surface area contributed by atoms with Crippen molar-refractivity contribution in [3.8, 4) is 0 Å². The molecule has 0 saturated carbocycles. The summed E-state index contributed by atoms with van der Waals surface area (Å²) in [4.78, 5) is 2.46. The Kier molecular flexibility index (Phi) is 5.11. The molecule has 1 aliphatic rings. The highest BCUT2D eigenvalue weighted by Crippen LogP contribution is 2.25. The van der Waals surface area contributed by atoms with Crippen molar-refractivity contribution in [1.29, 1.82) is 0 Å². The molecule has 2 nitrogen and oxygen atoms in total. The smallest absolute Gasteiger partial charge is 0.126 e. The van der Waals surface area contributed by atoms with Crippen molar-refractivity contribution in [1.82, 2.24) is 4.90 Å². The van der Waals surface area contributed by atoms with Gasteiger partial charge in [-0.3, -0.25) is 0 Å². The molecule has 0 aliphatic carbocycles. The van der Waals surface area contributed by atoms with Gasteiger partial charge in [-0.05, 0) is 49.4 Å². The van der Waals surface area contributed by atoms with Crippen molar-refractivity contribution in [2.75, 3.05) is 13.1 Å². The van der Waals surface area contributed by atoms with Crippen LogP contribution in [0.15, 0.2) is 18.2 Å². The van der Waals surface area contributed by atoms with Gasteiger partial charge in [0.05, 0.1) is 0 Å². The van der Waals surface area contributed by atoms with Crippen molar-refractivity contribution in [2.45, 2.75) is 45.2 Å². The van der Waals surface area contributed by atoms with E-state index in [4.69, 9.17) is 5.73 Å². The van der Waals surface area contributed by atoms with E-state index >= 15 is 0 Å². The molecule has 20 heavy (non-hydrogen) atoms. The third kappa shape index (κ3) is 3.76. The van der Waals surface area contributed by atoms with E-state index in [9.17, 15) is 8.78 Å². The van der Waals surface area contributed by atoms with Crippen molar-refractivity contribution in [2.24, 2.45) is 11.7 Å². The molecule has 0 radical (unpaired) electrons. The van der Waals surface area contributed by atoms with E-state index in [1.54, 1.807) is 0 Å². The van der Waals surface area contributed by atoms with Gasteiger partial charge < -0.3 is 10.6 Å². The second kappa shape index (κ2) is 6.64. The van der Waals surface area contributed by atoms with Gasteiger partial charge in [0.15, 0.2) is 0 Å². The maximum absolute atomic E-state index is 13.2. The predicted molar refractivity (Wildman–Crippen MR) is 77.3 cm³/mol. The van der Waals surface area contributed by atoms with Gasteiger partial charge >= 0.3 is 0 Å². The summed E-state index contributed by atoms with van der Waals surface area (Å²) in [5.74, 6) is -0.478. The monoisotopic (exact) mass is 282 g/mol. The number of rotatable bonds is 5. The van der Waals surface area contributed by atoms with E-state index < -0.39 is 11.6 Å². The lowest BCUT2D eigenvalue weighted by molar-refractivity contribution is 0.200. The summed E-state index contributed by atoms with van der Waals surface area (Å²) in [5.41, 5.74) is 6.62. The standard InChI is InChI=1S/C16H24F2N2/c1-11(2)16-4-3-6-20(16)7-5-15(19)12-8-13(17)10-14(18)9-12/h8-11,15-16H,3-7,19H2,1-2H3. The molecule has 1 aromatic rings. The number of nitrogens with zero attached hydrogens (tertiary/aromatic N) is 1. The van der Waals surface area contributed by atoms with Gasteiger partial charge in [0.25, 0.3) is 0 Å². The molecule has 2 unspecified atom stereocenters. The average molecular weight is 282 g/mol. The summed E-state index contributed by atoms with van der Waals surface area (Å²) in [6, 6.07) is 3.85. The molecule has 1 aromatic carbocycles. The number of hydrogen-bond acceptors (Lipinski definition) is 2. The van der Waals surface area contributed by atoms with Crippen LogP contribution in [0.2, 0.25) is 0 Å². The van der Waals surface area contributed by atoms with Crippen molar-refractivity contribution >= 4 is 0 Å². The summed E-state index contributed by atoms with van der Waals surface area (Å²) in [5, 5.41) is 0. The second-order valence-corrected chi connectivity index (χ2v) is 6.09. The fourth-order valence-electron chi connectivity index (χ4n) is 3.15. The van der Waals surface area contributed by atoms with Gasteiger partial charge in [0.2, 0.25) is 0 Å². The predicted octanol–water partition coefficient (Wildman–Crippen LogP) is 3.48. The molecule has 2 N–H and O–H groups in total. The van der Waals surface area contributed by atoms with E-state index in [-0.39, 0.29) is 6.04 Å². The summed E-state index contributed by atoms with van der Waals surface area (Å²) >= 11 is 0. The van der Waals surface area contributed by atoms with Gasteiger partial charge in [0, 0.05) is 24.7 Å². The SMILES string of the molecule is CC(C)C1CCCN1CCC(N)c1cc(F)cc(F)c1. The Bertz CT molecular complexity index is 428. The average Bonchev–Trinajstić information content (AvgIpc) is 2.83. The zero-order chi connectivity index (χ0) is 14.7. The van der Waals surface area contributed by atoms with Crippen LogP contribution in [-0.2, 0) is 0 Å². The number of nitrogens with two attached hydrogens (primary N) is 1. The largest absolute Gasteiger partial charge is 0.324 e. The normalized spacial score (nSPS) is 21.6. The second-order valence-electron chi connectivity index (χ2n) is 6.09. The Balaban J connectivity index is 1.93. The first-order chi connectivity index (χ1) is 9.47. The minimum atomic E-state index is -0.559. The highest BCUT2D eigenvalue weighted by Gasteiger charge is 2.26. The lowest BCUT2D eigenvalue weighted by Crippen LogP contribution is -2.35. The molecule has 0 spiro atoms. The first-order valence-electron chi connectivity index (χ1n) is 7.43. The minimum absolute atomic E-state index is 0.311. The van der Waals surface area contributed by atoms with Crippen molar-refractivity contribution in [3.63, 3.8) is 0 Å². The Morgan fingerprint density at radius 1 is 1.25 bits per heavy atom. The molecule has 2 atom stereocenters. The quantitative estimate of drug-likeness (QED) is 0.896. The molecule has 2 rings (SSSR count). The fraction of sp³-hybridized carbons (Fsp3) is 0.625. The first-order valence-corrected chi connectivity index (χ1v) is 7.43. The Labute approximate surface area is 120 Å². The van der Waals surface area contributed by atoms with Crippen molar-refractivity contribution < 1.29 is 8.78 Å². The third-order valence-electron chi connectivity index (χ3n) is 4.22. The molecular formula is C16H24F2N2. The van der Waals surface area contributed by atoms with Gasteiger partial charge in [0.1, 0.15) is 11.6 Å². The van der Waals surface area contributed by atoms with Gasteiger partial charge in [-0.1, -0.05) is 13.8 Å². The molecule has 0 amide bonds. The minimum Gasteiger partial charge on any atom is -0.324 e. The molecule has 0 aromatic heterocycles. The first kappa shape index (κ1) is 15.4. The van der Waals surface area contributed by atoms with Crippen LogP contribution in [0.25, 0.3) is 0 Å². The molecule has 1 aliphatic heterocycles. The van der Waals surface area contributed by atoms with Gasteiger partial charge in [-0.15, -0.1) is 0 Å². The van der Waals surface area contributed by atoms with Crippen LogP contribution in [0.1, 0.15) is 44.7 Å². The van der Waals surface area contributed by atoms with Crippen LogP contribution < -0.4 is 5.73 Å². The van der Waals surface area contributed by atoms with E-state index in [0.29, 0.717) is 17.5 Å². The zero-order valence-electron chi connectivity index (χ0n) is 12.3. The maximum atomic E-state index is 13.2. The van der Waals surface area contributed by atoms with Gasteiger partial charge in [-0.2, -0.15) is 0 Å². The molecule has 0 bridgehead atoms. The summed E-state index contributed by atoms with van der Waals surface area (Å²) in [7, 11) is 0. The Hall–Kier alpha value is -1.00. The van der Waals surface area contributed by atoms with Gasteiger partial charge in [-0.25, -0.2) is 8.78 Å². The summed E-state index contributed by atoms with van der Waals surface area (Å²) < 4.78 is 26.4. The fourth-order valence-corrected chi connectivity index (χ4v) is 3.15. The zero-order valence-corrected chi connectivity index (χ0v) is 12.3. The summed E-state index contributed by atoms with van der Waals surface area (Å²) in [6.07, 6.45) is 3.19. The molecule has 1 fully saturated rings. The molecule has 1 saturated heterocycles. The molecule has 4 heteroatoms. The Morgan fingerprint density at radius 3 is 2.50 bits per heavy atom. The van der Waals surface area contributed by atoms with Crippen LogP contribution in [0.4, 0.5) is 8.78 Å². The third-order valence-corrected chi connectivity index (χ3v) is 4.22. The Morgan fingerprint density at radius 2 is 1.90 bits per heavy atom. The maximum Gasteiger partial charge on any atom is 0.126 e. The van der Waals surface area contributed by atoms with E-state index in [1.807, 2.05) is 0 Å². The number of halogens is 2. The number of hydrogen-bond donors (Lipinski definition) is 1. The number of likely N-dealkylation sites (tertiary alicyclic amines) is 1. The van der Waals surface area contributed by atoms with Crippen LogP contribution in [0, 0.1) is 17.6 Å². The van der Waals surface area contributed by atoms with Crippen LogP contribution in [-0.4, -0.2) is 24.0 Å². The number of benzene rings is 1. The topological polar surface area (TPSA) is 29.3 Å². The van der Waals surface area contributed by atoms with E-state index in [1.165, 1.54) is 25.0 Å². The van der Waals surface area contributed by atoms with Crippen molar-refractivity contribution in [3.05, 3.63) is 35.4 Å². The summed E-state index contributed by atoms with van der Waals surface area (Å²) in [6.45, 7) is 6.48. The van der Waals surface area contributed by atoms with E-state index in [0.717, 1.165) is 25.6 Å². The highest BCUT2D eigenvalue weighted by atomic mass is 19.1. The van der Waals surface area contributed by atoms with Crippen LogP contribution in [0.5, 0.6) is 0 Å². The molecule has 112 valence electrons. The van der Waals surface area contributed by atoms with E-state index in [2.05, 4.69) is 18.7 Å². The lowest BCUT2D eigenvalue weighted by atomic mass is 10.0. The van der Waals surface area contributed by atoms with Crippen LogP contribution >= 0.6 is 0 Å². The molecule has 1 heterocycles. The lowest BCUT2D eigenvalue weighted by Gasteiger charge is -2.28. The highest BCUT2D eigenvalue weighted by molar-refractivity contribution is 5.21. The molecular weight excluding hydrogens is 258 g/mol. The van der Waals surface area contributed by atoms with Crippen LogP contribution in [0.3, 0.4) is 0 Å².